The second-order valence-electron chi connectivity index (χ2n) is 14.4. The van der Waals surface area contributed by atoms with Crippen LogP contribution >= 0.6 is 12.4 Å². The molecule has 42 heavy (non-hydrogen) atoms. The van der Waals surface area contributed by atoms with Gasteiger partial charge in [0, 0.05) is 70.4 Å². The molecule has 4 aliphatic heterocycles. The minimum absolute atomic E-state index is 0. The average Bonchev–Trinajstić information content (AvgIpc) is 3.49. The molecule has 4 saturated heterocycles. The number of hydrogen-bond acceptors (Lipinski definition) is 5. The minimum atomic E-state index is -0.746. The first-order chi connectivity index (χ1) is 19.4. The standard InChI is InChI=1S/C33H50N4O4.ClH/c1-23(2)37-31(40)35(15-10-16-41-6)30(39)33(37)17-26-13-14-27(18-33)36(26)21-25-20-34(29(38)19-32(3,4)5)22-28(25)24-11-8-7-9-12-24;/h7-9,11-12,23,25-28H,10,13-22H2,1-6H3;1H/t25-,26?,27?,28-,33?;/m1./s1. The number of amides is 4. The van der Waals surface area contributed by atoms with Gasteiger partial charge in [0.05, 0.1) is 0 Å². The van der Waals surface area contributed by atoms with E-state index in [9.17, 15) is 14.4 Å². The molecule has 0 aromatic heterocycles. The van der Waals surface area contributed by atoms with Crippen molar-refractivity contribution in [3.8, 4) is 0 Å². The fraction of sp³-hybridized carbons (Fsp3) is 0.727. The van der Waals surface area contributed by atoms with Gasteiger partial charge in [0.2, 0.25) is 5.91 Å². The number of hydrogen-bond donors (Lipinski definition) is 0. The van der Waals surface area contributed by atoms with Crippen molar-refractivity contribution in [1.82, 2.24) is 19.6 Å². The zero-order chi connectivity index (χ0) is 29.5. The number of methoxy groups -OCH3 is 1. The Balaban J connectivity index is 0.00000405. The molecule has 4 aliphatic rings. The fourth-order valence-corrected chi connectivity index (χ4v) is 8.19. The highest BCUT2D eigenvalue weighted by Crippen LogP contribution is 2.49. The number of benzene rings is 1. The van der Waals surface area contributed by atoms with Gasteiger partial charge in [-0.2, -0.15) is 0 Å². The van der Waals surface area contributed by atoms with E-state index in [0.717, 1.165) is 32.5 Å². The Kier molecular flexibility index (Phi) is 10.0. The van der Waals surface area contributed by atoms with Crippen LogP contribution in [0.5, 0.6) is 0 Å². The second-order valence-corrected chi connectivity index (χ2v) is 14.4. The number of likely N-dealkylation sites (tertiary alicyclic amines) is 1. The third kappa shape index (κ3) is 6.22. The lowest BCUT2D eigenvalue weighted by molar-refractivity contribution is -0.138. The number of rotatable bonds is 9. The first kappa shape index (κ1) is 32.7. The molecule has 1 aromatic carbocycles. The van der Waals surface area contributed by atoms with Crippen molar-refractivity contribution in [2.24, 2.45) is 11.3 Å². The van der Waals surface area contributed by atoms with E-state index in [2.05, 4.69) is 60.9 Å². The van der Waals surface area contributed by atoms with Crippen LogP contribution in [-0.4, -0.2) is 101 Å². The van der Waals surface area contributed by atoms with Crippen LogP contribution in [0.15, 0.2) is 30.3 Å². The molecule has 4 heterocycles. The van der Waals surface area contributed by atoms with Crippen LogP contribution in [0.4, 0.5) is 4.79 Å². The molecule has 2 bridgehead atoms. The average molecular weight is 603 g/mol. The quantitative estimate of drug-likeness (QED) is 0.288. The molecule has 8 nitrogen and oxygen atoms in total. The lowest BCUT2D eigenvalue weighted by atomic mass is 9.79. The number of imide groups is 1. The van der Waals surface area contributed by atoms with Crippen LogP contribution in [0.3, 0.4) is 0 Å². The van der Waals surface area contributed by atoms with Crippen LogP contribution in [0, 0.1) is 11.3 Å². The molecular weight excluding hydrogens is 552 g/mol. The van der Waals surface area contributed by atoms with Crippen LogP contribution < -0.4 is 0 Å². The van der Waals surface area contributed by atoms with Crippen molar-refractivity contribution in [3.05, 3.63) is 35.9 Å². The van der Waals surface area contributed by atoms with Gasteiger partial charge in [-0.05, 0) is 62.8 Å². The molecule has 4 atom stereocenters. The van der Waals surface area contributed by atoms with Crippen LogP contribution in [-0.2, 0) is 14.3 Å². The van der Waals surface area contributed by atoms with E-state index in [1.165, 1.54) is 10.5 Å². The molecule has 9 heteroatoms. The van der Waals surface area contributed by atoms with E-state index in [4.69, 9.17) is 4.74 Å². The first-order valence-corrected chi connectivity index (χ1v) is 15.7. The Bertz CT molecular complexity index is 1110. The number of ether oxygens (including phenoxy) is 1. The molecule has 0 radical (unpaired) electrons. The summed E-state index contributed by atoms with van der Waals surface area (Å²) in [6, 6.07) is 11.0. The lowest BCUT2D eigenvalue weighted by Crippen LogP contribution is -2.62. The maximum atomic E-state index is 14.0. The summed E-state index contributed by atoms with van der Waals surface area (Å²) in [6.07, 6.45) is 4.71. The Hall–Kier alpha value is -2.16. The van der Waals surface area contributed by atoms with Gasteiger partial charge in [-0.1, -0.05) is 51.1 Å². The summed E-state index contributed by atoms with van der Waals surface area (Å²) in [5.74, 6) is 0.878. The largest absolute Gasteiger partial charge is 0.385 e. The SMILES string of the molecule is COCCCN1C(=O)N(C(C)C)C2(CC3CCC(C2)N3C[C@H]2CN(C(=O)CC(C)(C)C)C[C@@H]2c2ccccc2)C1=O.Cl. The third-order valence-electron chi connectivity index (χ3n) is 9.85. The molecule has 5 rings (SSSR count). The molecule has 0 saturated carbocycles. The van der Waals surface area contributed by atoms with E-state index in [-0.39, 0.29) is 53.8 Å². The Morgan fingerprint density at radius 3 is 2.26 bits per heavy atom. The maximum Gasteiger partial charge on any atom is 0.327 e. The molecule has 4 amide bonds. The number of halogens is 1. The van der Waals surface area contributed by atoms with E-state index in [1.807, 2.05) is 18.7 Å². The Morgan fingerprint density at radius 2 is 1.69 bits per heavy atom. The van der Waals surface area contributed by atoms with Gasteiger partial charge in [-0.25, -0.2) is 4.79 Å². The highest BCUT2D eigenvalue weighted by molar-refractivity contribution is 6.07. The van der Waals surface area contributed by atoms with E-state index in [1.54, 1.807) is 7.11 Å². The highest BCUT2D eigenvalue weighted by Gasteiger charge is 2.63. The number of piperidine rings is 1. The first-order valence-electron chi connectivity index (χ1n) is 15.7. The predicted octanol–water partition coefficient (Wildman–Crippen LogP) is 5.16. The molecule has 1 spiro atoms. The number of fused-ring (bicyclic) bond motifs is 2. The van der Waals surface area contributed by atoms with Crippen molar-refractivity contribution in [3.63, 3.8) is 0 Å². The monoisotopic (exact) mass is 602 g/mol. The molecular formula is C33H51ClN4O4. The van der Waals surface area contributed by atoms with Gasteiger partial charge in [-0.3, -0.25) is 19.4 Å². The summed E-state index contributed by atoms with van der Waals surface area (Å²) in [5.41, 5.74) is 0.519. The third-order valence-corrected chi connectivity index (χ3v) is 9.85. The Labute approximate surface area is 258 Å². The van der Waals surface area contributed by atoms with Gasteiger partial charge in [0.1, 0.15) is 5.54 Å². The van der Waals surface area contributed by atoms with E-state index >= 15 is 0 Å². The molecule has 0 aliphatic carbocycles. The summed E-state index contributed by atoms with van der Waals surface area (Å²) < 4.78 is 5.20. The number of carbonyl (C=O) groups excluding carboxylic acids is 3. The summed E-state index contributed by atoms with van der Waals surface area (Å²) in [4.78, 5) is 49.0. The molecule has 234 valence electrons. The van der Waals surface area contributed by atoms with Gasteiger partial charge in [-0.15, -0.1) is 12.4 Å². The number of urea groups is 1. The summed E-state index contributed by atoms with van der Waals surface area (Å²) in [6.45, 7) is 13.9. The zero-order valence-corrected chi connectivity index (χ0v) is 27.2. The second kappa shape index (κ2) is 12.8. The highest BCUT2D eigenvalue weighted by atomic mass is 35.5. The van der Waals surface area contributed by atoms with Crippen molar-refractivity contribution in [1.29, 1.82) is 0 Å². The smallest absolute Gasteiger partial charge is 0.327 e. The summed E-state index contributed by atoms with van der Waals surface area (Å²) >= 11 is 0. The van der Waals surface area contributed by atoms with E-state index in [0.29, 0.717) is 50.7 Å². The van der Waals surface area contributed by atoms with Crippen molar-refractivity contribution < 1.29 is 19.1 Å². The van der Waals surface area contributed by atoms with Gasteiger partial charge in [0.25, 0.3) is 5.91 Å². The number of nitrogens with zero attached hydrogens (tertiary/aromatic N) is 4. The molecule has 4 fully saturated rings. The normalized spacial score (nSPS) is 29.7. The van der Waals surface area contributed by atoms with Crippen molar-refractivity contribution in [2.75, 3.05) is 39.9 Å². The van der Waals surface area contributed by atoms with Crippen molar-refractivity contribution >= 4 is 30.3 Å². The predicted molar refractivity (Wildman–Crippen MR) is 167 cm³/mol. The Morgan fingerprint density at radius 1 is 1.05 bits per heavy atom. The van der Waals surface area contributed by atoms with Crippen LogP contribution in [0.1, 0.15) is 84.6 Å². The van der Waals surface area contributed by atoms with Crippen molar-refractivity contribution in [2.45, 2.75) is 103 Å². The minimum Gasteiger partial charge on any atom is -0.385 e. The molecule has 1 aromatic rings. The van der Waals surface area contributed by atoms with Gasteiger partial charge in [0.15, 0.2) is 0 Å². The van der Waals surface area contributed by atoms with Gasteiger partial charge >= 0.3 is 6.03 Å². The zero-order valence-electron chi connectivity index (χ0n) is 26.4. The fourth-order valence-electron chi connectivity index (χ4n) is 8.19. The maximum absolute atomic E-state index is 14.0. The van der Waals surface area contributed by atoms with E-state index < -0.39 is 5.54 Å². The lowest BCUT2D eigenvalue weighted by Gasteiger charge is -2.48. The van der Waals surface area contributed by atoms with Crippen LogP contribution in [0.25, 0.3) is 0 Å². The summed E-state index contributed by atoms with van der Waals surface area (Å²) in [7, 11) is 1.65. The topological polar surface area (TPSA) is 73.4 Å². The summed E-state index contributed by atoms with van der Waals surface area (Å²) in [5, 5.41) is 0. The van der Waals surface area contributed by atoms with Gasteiger partial charge < -0.3 is 14.5 Å². The number of carbonyl (C=O) groups is 3. The molecule has 0 N–H and O–H groups in total. The van der Waals surface area contributed by atoms with Crippen LogP contribution in [0.2, 0.25) is 0 Å². The molecule has 2 unspecified atom stereocenters.